The molecule has 2 saturated heterocycles. The monoisotopic (exact) mass is 236 g/mol. The van der Waals surface area contributed by atoms with Crippen molar-refractivity contribution in [3.8, 4) is 6.07 Å². The summed E-state index contributed by atoms with van der Waals surface area (Å²) >= 11 is 0. The van der Waals surface area contributed by atoms with Crippen LogP contribution < -0.4 is 0 Å². The lowest BCUT2D eigenvalue weighted by Crippen LogP contribution is -2.36. The lowest BCUT2D eigenvalue weighted by Gasteiger charge is -2.25. The predicted molar refractivity (Wildman–Crippen MR) is 63.0 cm³/mol. The van der Waals surface area contributed by atoms with Gasteiger partial charge in [-0.2, -0.15) is 5.26 Å². The van der Waals surface area contributed by atoms with E-state index >= 15 is 0 Å². The van der Waals surface area contributed by atoms with E-state index in [-0.39, 0.29) is 23.8 Å². The van der Waals surface area contributed by atoms with Gasteiger partial charge < -0.3 is 4.74 Å². The number of fused-ring (bicyclic) bond motifs is 1. The van der Waals surface area contributed by atoms with Crippen molar-refractivity contribution >= 4 is 5.97 Å². The van der Waals surface area contributed by atoms with Gasteiger partial charge in [-0.05, 0) is 40.2 Å². The van der Waals surface area contributed by atoms with Crippen molar-refractivity contribution in [3.63, 3.8) is 0 Å². The van der Waals surface area contributed by atoms with Gasteiger partial charge in [0.2, 0.25) is 0 Å². The SMILES string of the molecule is CC(C)(C)OC(=O)[C@H]1C(C#N)CN2CCCC12. The molecule has 2 fully saturated rings. The molecule has 0 bridgehead atoms. The van der Waals surface area contributed by atoms with Gasteiger partial charge in [0.25, 0.3) is 0 Å². The van der Waals surface area contributed by atoms with Crippen LogP contribution >= 0.6 is 0 Å². The second-order valence-electron chi connectivity index (χ2n) is 6.00. The minimum atomic E-state index is -0.469. The molecule has 0 aromatic carbocycles. The lowest BCUT2D eigenvalue weighted by atomic mass is 9.90. The van der Waals surface area contributed by atoms with Gasteiger partial charge in [-0.15, -0.1) is 0 Å². The zero-order valence-corrected chi connectivity index (χ0v) is 10.8. The van der Waals surface area contributed by atoms with Crippen LogP contribution in [0, 0.1) is 23.2 Å². The Morgan fingerprint density at radius 3 is 2.76 bits per heavy atom. The molecular weight excluding hydrogens is 216 g/mol. The molecule has 2 unspecified atom stereocenters. The number of esters is 1. The third-order valence-electron chi connectivity index (χ3n) is 3.54. The highest BCUT2D eigenvalue weighted by molar-refractivity contribution is 5.75. The van der Waals surface area contributed by atoms with E-state index in [1.54, 1.807) is 0 Å². The fourth-order valence-electron chi connectivity index (χ4n) is 2.93. The molecular formula is C13H20N2O2. The fraction of sp³-hybridized carbons (Fsp3) is 0.846. The number of rotatable bonds is 1. The smallest absolute Gasteiger partial charge is 0.312 e. The number of carbonyl (C=O) groups is 1. The summed E-state index contributed by atoms with van der Waals surface area (Å²) in [5.74, 6) is -0.643. The van der Waals surface area contributed by atoms with Gasteiger partial charge in [-0.3, -0.25) is 9.69 Å². The summed E-state index contributed by atoms with van der Waals surface area (Å²) in [7, 11) is 0. The van der Waals surface area contributed by atoms with Crippen molar-refractivity contribution in [2.45, 2.75) is 45.3 Å². The van der Waals surface area contributed by atoms with E-state index in [0.717, 1.165) is 25.9 Å². The summed E-state index contributed by atoms with van der Waals surface area (Å²) in [5, 5.41) is 9.15. The maximum Gasteiger partial charge on any atom is 0.312 e. The quantitative estimate of drug-likeness (QED) is 0.648. The minimum Gasteiger partial charge on any atom is -0.460 e. The number of ether oxygens (including phenoxy) is 1. The van der Waals surface area contributed by atoms with Crippen LogP contribution in [0.15, 0.2) is 0 Å². The first kappa shape index (κ1) is 12.4. The maximum absolute atomic E-state index is 12.2. The molecule has 0 aliphatic carbocycles. The molecule has 2 aliphatic heterocycles. The molecule has 0 aromatic heterocycles. The molecule has 2 rings (SSSR count). The molecule has 0 radical (unpaired) electrons. The first-order valence-corrected chi connectivity index (χ1v) is 6.29. The van der Waals surface area contributed by atoms with Crippen molar-refractivity contribution in [2.24, 2.45) is 11.8 Å². The van der Waals surface area contributed by atoms with Gasteiger partial charge in [-0.25, -0.2) is 0 Å². The Kier molecular flexibility index (Phi) is 3.13. The number of carbonyl (C=O) groups excluding carboxylic acids is 1. The summed E-state index contributed by atoms with van der Waals surface area (Å²) in [5.41, 5.74) is -0.469. The highest BCUT2D eigenvalue weighted by Crippen LogP contribution is 2.37. The molecule has 0 spiro atoms. The van der Waals surface area contributed by atoms with E-state index < -0.39 is 5.60 Å². The highest BCUT2D eigenvalue weighted by Gasteiger charge is 2.49. The molecule has 2 aliphatic rings. The Morgan fingerprint density at radius 1 is 1.47 bits per heavy atom. The zero-order chi connectivity index (χ0) is 12.6. The van der Waals surface area contributed by atoms with Gasteiger partial charge in [0.1, 0.15) is 5.60 Å². The molecule has 0 N–H and O–H groups in total. The third-order valence-corrected chi connectivity index (χ3v) is 3.54. The third kappa shape index (κ3) is 2.44. The normalized spacial score (nSPS) is 33.2. The first-order valence-electron chi connectivity index (χ1n) is 6.29. The second kappa shape index (κ2) is 4.30. The average molecular weight is 236 g/mol. The molecule has 0 amide bonds. The van der Waals surface area contributed by atoms with Crippen molar-refractivity contribution in [2.75, 3.05) is 13.1 Å². The van der Waals surface area contributed by atoms with Crippen molar-refractivity contribution < 1.29 is 9.53 Å². The van der Waals surface area contributed by atoms with E-state index in [1.165, 1.54) is 0 Å². The summed E-state index contributed by atoms with van der Waals surface area (Å²) in [4.78, 5) is 14.4. The van der Waals surface area contributed by atoms with Crippen LogP contribution in [0.5, 0.6) is 0 Å². The molecule has 4 heteroatoms. The summed E-state index contributed by atoms with van der Waals surface area (Å²) in [6.07, 6.45) is 2.14. The van der Waals surface area contributed by atoms with E-state index in [2.05, 4.69) is 11.0 Å². The maximum atomic E-state index is 12.2. The van der Waals surface area contributed by atoms with Crippen LogP contribution in [0.4, 0.5) is 0 Å². The van der Waals surface area contributed by atoms with Crippen LogP contribution in [0.1, 0.15) is 33.6 Å². The lowest BCUT2D eigenvalue weighted by molar-refractivity contribution is -0.161. The van der Waals surface area contributed by atoms with E-state index in [0.29, 0.717) is 0 Å². The van der Waals surface area contributed by atoms with Crippen LogP contribution in [-0.2, 0) is 9.53 Å². The molecule has 3 atom stereocenters. The number of hydrogen-bond donors (Lipinski definition) is 0. The van der Waals surface area contributed by atoms with Crippen LogP contribution in [0.3, 0.4) is 0 Å². The number of nitrogens with zero attached hydrogens (tertiary/aromatic N) is 2. The Labute approximate surface area is 103 Å². The highest BCUT2D eigenvalue weighted by atomic mass is 16.6. The Morgan fingerprint density at radius 2 is 2.18 bits per heavy atom. The Balaban J connectivity index is 2.12. The Bertz CT molecular complexity index is 353. The minimum absolute atomic E-state index is 0.196. The van der Waals surface area contributed by atoms with Gasteiger partial charge in [-0.1, -0.05) is 0 Å². The van der Waals surface area contributed by atoms with Crippen molar-refractivity contribution in [1.29, 1.82) is 5.26 Å². The van der Waals surface area contributed by atoms with E-state index in [9.17, 15) is 4.79 Å². The predicted octanol–water partition coefficient (Wildman–Crippen LogP) is 1.56. The van der Waals surface area contributed by atoms with Gasteiger partial charge in [0, 0.05) is 12.6 Å². The Hall–Kier alpha value is -1.08. The van der Waals surface area contributed by atoms with Crippen molar-refractivity contribution in [1.82, 2.24) is 4.90 Å². The number of nitriles is 1. The first-order chi connectivity index (χ1) is 7.92. The van der Waals surface area contributed by atoms with Gasteiger partial charge in [0.15, 0.2) is 0 Å². The average Bonchev–Trinajstić information content (AvgIpc) is 2.71. The van der Waals surface area contributed by atoms with Crippen LogP contribution in [0.25, 0.3) is 0 Å². The molecule has 17 heavy (non-hydrogen) atoms. The van der Waals surface area contributed by atoms with Crippen LogP contribution in [0.2, 0.25) is 0 Å². The molecule has 2 heterocycles. The van der Waals surface area contributed by atoms with Crippen molar-refractivity contribution in [3.05, 3.63) is 0 Å². The molecule has 4 nitrogen and oxygen atoms in total. The zero-order valence-electron chi connectivity index (χ0n) is 10.8. The second-order valence-corrected chi connectivity index (χ2v) is 6.00. The topological polar surface area (TPSA) is 53.3 Å². The standard InChI is InChI=1S/C13H20N2O2/c1-13(2,3)17-12(16)11-9(7-14)8-15-6-4-5-10(11)15/h9-11H,4-6,8H2,1-3H3/t9?,10?,11-/m0/s1. The van der Waals surface area contributed by atoms with Gasteiger partial charge in [0.05, 0.1) is 17.9 Å². The summed E-state index contributed by atoms with van der Waals surface area (Å²) < 4.78 is 5.45. The molecule has 94 valence electrons. The number of hydrogen-bond acceptors (Lipinski definition) is 4. The van der Waals surface area contributed by atoms with Crippen LogP contribution in [-0.4, -0.2) is 35.6 Å². The molecule has 0 aromatic rings. The van der Waals surface area contributed by atoms with E-state index in [4.69, 9.17) is 10.00 Å². The molecule has 0 saturated carbocycles. The fourth-order valence-corrected chi connectivity index (χ4v) is 2.93. The van der Waals surface area contributed by atoms with E-state index in [1.807, 2.05) is 20.8 Å². The largest absolute Gasteiger partial charge is 0.460 e. The van der Waals surface area contributed by atoms with Gasteiger partial charge >= 0.3 is 5.97 Å². The summed E-state index contributed by atoms with van der Waals surface area (Å²) in [6.45, 7) is 7.35. The summed E-state index contributed by atoms with van der Waals surface area (Å²) in [6, 6.07) is 2.50.